The van der Waals surface area contributed by atoms with E-state index >= 15 is 0 Å². The third-order valence-electron chi connectivity index (χ3n) is 1.17. The molecule has 1 aromatic heterocycles. The van der Waals surface area contributed by atoms with Crippen LogP contribution in [0.25, 0.3) is 0 Å². The molecule has 4 heteroatoms. The topological polar surface area (TPSA) is 42.8 Å². The van der Waals surface area contributed by atoms with Gasteiger partial charge in [-0.25, -0.2) is 0 Å². The highest BCUT2D eigenvalue weighted by molar-refractivity contribution is 6.94. The predicted molar refractivity (Wildman–Crippen MR) is 36.5 cm³/mol. The summed E-state index contributed by atoms with van der Waals surface area (Å²) in [4.78, 5) is 0. The van der Waals surface area contributed by atoms with Gasteiger partial charge in [-0.15, -0.1) is 0 Å². The van der Waals surface area contributed by atoms with Crippen LogP contribution in [-0.2, 0) is 0 Å². The van der Waals surface area contributed by atoms with Crippen molar-refractivity contribution in [2.24, 2.45) is 0 Å². The van der Waals surface area contributed by atoms with Crippen LogP contribution < -0.4 is 9.91 Å². The second-order valence-corrected chi connectivity index (χ2v) is 2.99. The monoisotopic (exact) mass is 144 g/mol. The van der Waals surface area contributed by atoms with Crippen LogP contribution in [0, 0.1) is 0 Å². The Hall–Kier alpha value is -0.640. The maximum Gasteiger partial charge on any atom is 0.302 e. The number of nitrogen functional groups attached to an aromatic ring is 1. The lowest BCUT2D eigenvalue weighted by Crippen LogP contribution is -2.43. The van der Waals surface area contributed by atoms with Crippen molar-refractivity contribution in [1.29, 1.82) is 0 Å². The molecule has 0 unspecified atom stereocenters. The van der Waals surface area contributed by atoms with Gasteiger partial charge in [0.15, 0.2) is 5.69 Å². The van der Waals surface area contributed by atoms with Crippen LogP contribution >= 0.6 is 11.7 Å². The maximum atomic E-state index is 5.51. The van der Waals surface area contributed by atoms with E-state index in [1.807, 2.05) is 0 Å². The summed E-state index contributed by atoms with van der Waals surface area (Å²) in [5.41, 5.74) is 1.08. The summed E-state index contributed by atoms with van der Waals surface area (Å²) in [5.74, 6) is 5.98. The van der Waals surface area contributed by atoms with E-state index in [-0.39, 0.29) is 0 Å². The van der Waals surface area contributed by atoms with Crippen LogP contribution in [0.3, 0.4) is 0 Å². The first-order valence-corrected chi connectivity index (χ1v) is 3.57. The van der Waals surface area contributed by atoms with Crippen LogP contribution in [0.1, 0.15) is 25.5 Å². The molecule has 0 saturated heterocycles. The molecule has 1 heterocycles. The first kappa shape index (κ1) is 6.48. The number of hydrogen-bond acceptors (Lipinski definition) is 3. The molecule has 3 nitrogen and oxygen atoms in total. The lowest BCUT2D eigenvalue weighted by Gasteiger charge is -1.93. The molecule has 0 aliphatic carbocycles. The summed E-state index contributed by atoms with van der Waals surface area (Å²) in [7, 11) is 0. The summed E-state index contributed by atoms with van der Waals surface area (Å²) in [6.45, 7) is 4.18. The molecule has 0 aromatic carbocycles. The molecule has 0 radical (unpaired) electrons. The Morgan fingerprint density at radius 2 is 2.44 bits per heavy atom. The molecule has 1 aromatic rings. The summed E-state index contributed by atoms with van der Waals surface area (Å²) < 4.78 is 5.51. The highest BCUT2D eigenvalue weighted by Crippen LogP contribution is 2.06. The lowest BCUT2D eigenvalue weighted by atomic mass is 10.2. The molecule has 9 heavy (non-hydrogen) atoms. The van der Waals surface area contributed by atoms with Crippen molar-refractivity contribution in [2.75, 3.05) is 5.84 Å². The van der Waals surface area contributed by atoms with Crippen molar-refractivity contribution in [3.63, 3.8) is 0 Å². The van der Waals surface area contributed by atoms with E-state index in [1.165, 1.54) is 11.7 Å². The van der Waals surface area contributed by atoms with Gasteiger partial charge in [-0.2, -0.15) is 0 Å². The van der Waals surface area contributed by atoms with E-state index in [2.05, 4.69) is 18.2 Å². The van der Waals surface area contributed by atoms with Gasteiger partial charge in [0, 0.05) is 10.3 Å². The Kier molecular flexibility index (Phi) is 1.66. The Morgan fingerprint density at radius 1 is 1.78 bits per heavy atom. The van der Waals surface area contributed by atoms with Gasteiger partial charge in [-0.1, -0.05) is 17.9 Å². The molecular weight excluding hydrogens is 134 g/mol. The first-order valence-electron chi connectivity index (χ1n) is 2.84. The van der Waals surface area contributed by atoms with Gasteiger partial charge in [0.1, 0.15) is 0 Å². The zero-order valence-corrected chi connectivity index (χ0v) is 6.35. The third-order valence-corrected chi connectivity index (χ3v) is 1.75. The minimum atomic E-state index is 0.466. The van der Waals surface area contributed by atoms with Crippen molar-refractivity contribution < 1.29 is 4.07 Å². The minimum Gasteiger partial charge on any atom is -0.258 e. The fraction of sp³-hybridized carbons (Fsp3) is 0.600. The Balaban J connectivity index is 2.94. The predicted octanol–water partition coefficient (Wildman–Crippen LogP) is 0.268. The van der Waals surface area contributed by atoms with Gasteiger partial charge in [-0.3, -0.25) is 5.84 Å². The van der Waals surface area contributed by atoms with E-state index in [9.17, 15) is 0 Å². The van der Waals surface area contributed by atoms with Crippen molar-refractivity contribution >= 4 is 11.7 Å². The SMILES string of the molecule is CC(C)c1cns[n+]1N. The first-order chi connectivity index (χ1) is 4.22. The smallest absolute Gasteiger partial charge is 0.258 e. The van der Waals surface area contributed by atoms with E-state index in [0.717, 1.165) is 5.69 Å². The number of rotatable bonds is 1. The van der Waals surface area contributed by atoms with Gasteiger partial charge >= 0.3 is 11.7 Å². The van der Waals surface area contributed by atoms with Crippen LogP contribution in [0.5, 0.6) is 0 Å². The molecule has 0 spiro atoms. The molecule has 0 fully saturated rings. The van der Waals surface area contributed by atoms with E-state index < -0.39 is 0 Å². The molecule has 0 aliphatic rings. The molecule has 0 amide bonds. The second kappa shape index (κ2) is 2.31. The van der Waals surface area contributed by atoms with Crippen molar-refractivity contribution in [1.82, 2.24) is 4.37 Å². The molecule has 2 N–H and O–H groups in total. The summed E-state index contributed by atoms with van der Waals surface area (Å²) >= 11 is 1.28. The zero-order chi connectivity index (χ0) is 6.85. The molecule has 0 bridgehead atoms. The molecule has 0 aliphatic heterocycles. The summed E-state index contributed by atoms with van der Waals surface area (Å²) in [6.07, 6.45) is 1.80. The van der Waals surface area contributed by atoms with Gasteiger partial charge in [0.2, 0.25) is 6.20 Å². The fourth-order valence-electron chi connectivity index (χ4n) is 0.636. The largest absolute Gasteiger partial charge is 0.302 e. The van der Waals surface area contributed by atoms with Gasteiger partial charge < -0.3 is 0 Å². The summed E-state index contributed by atoms with van der Waals surface area (Å²) in [5, 5.41) is 0. The standard InChI is InChI=1S/C5H10N3S/c1-4(2)5-3-7-9-8(5)6/h3-4H,6H2,1-2H3/q+1. The fourth-order valence-corrected chi connectivity index (χ4v) is 1.24. The average molecular weight is 144 g/mol. The molecule has 0 saturated carbocycles. The minimum absolute atomic E-state index is 0.466. The highest BCUT2D eigenvalue weighted by atomic mass is 32.1. The number of nitrogens with zero attached hydrogens (tertiary/aromatic N) is 2. The second-order valence-electron chi connectivity index (χ2n) is 2.22. The third kappa shape index (κ3) is 1.18. The van der Waals surface area contributed by atoms with Crippen molar-refractivity contribution in [3.05, 3.63) is 11.9 Å². The normalized spacial score (nSPS) is 10.6. The molecule has 50 valence electrons. The number of aromatic nitrogens is 2. The maximum absolute atomic E-state index is 5.51. The number of nitrogens with two attached hydrogens (primary N) is 1. The lowest BCUT2D eigenvalue weighted by molar-refractivity contribution is -0.576. The number of hydrogen-bond donors (Lipinski definition) is 1. The highest BCUT2D eigenvalue weighted by Gasteiger charge is 2.12. The van der Waals surface area contributed by atoms with E-state index in [0.29, 0.717) is 5.92 Å². The summed E-state index contributed by atoms with van der Waals surface area (Å²) in [6, 6.07) is 0. The quantitative estimate of drug-likeness (QED) is 0.454. The Bertz CT molecular complexity index is 194. The molecule has 0 atom stereocenters. The van der Waals surface area contributed by atoms with Crippen LogP contribution in [0.4, 0.5) is 0 Å². The van der Waals surface area contributed by atoms with E-state index in [4.69, 9.17) is 5.84 Å². The van der Waals surface area contributed by atoms with Crippen molar-refractivity contribution in [3.8, 4) is 0 Å². The molecule has 1 rings (SSSR count). The van der Waals surface area contributed by atoms with Crippen LogP contribution in [0.15, 0.2) is 6.20 Å². The van der Waals surface area contributed by atoms with Gasteiger partial charge in [0.25, 0.3) is 0 Å². The van der Waals surface area contributed by atoms with E-state index in [1.54, 1.807) is 10.3 Å². The van der Waals surface area contributed by atoms with Crippen LogP contribution in [0.2, 0.25) is 0 Å². The Labute approximate surface area is 58.4 Å². The van der Waals surface area contributed by atoms with Gasteiger partial charge in [-0.05, 0) is 0 Å². The van der Waals surface area contributed by atoms with Crippen molar-refractivity contribution in [2.45, 2.75) is 19.8 Å². The molecular formula is C5H10N3S+. The zero-order valence-electron chi connectivity index (χ0n) is 5.53. The van der Waals surface area contributed by atoms with Crippen LogP contribution in [-0.4, -0.2) is 4.37 Å². The average Bonchev–Trinajstić information content (AvgIpc) is 2.13. The van der Waals surface area contributed by atoms with Gasteiger partial charge in [0.05, 0.1) is 0 Å². The Morgan fingerprint density at radius 3 is 2.67 bits per heavy atom.